The van der Waals surface area contributed by atoms with Crippen molar-refractivity contribution in [3.8, 4) is 17.2 Å². The van der Waals surface area contributed by atoms with Gasteiger partial charge >= 0.3 is 0 Å². The van der Waals surface area contributed by atoms with Crippen LogP contribution >= 0.6 is 34.2 Å². The van der Waals surface area contributed by atoms with Gasteiger partial charge in [0, 0.05) is 22.9 Å². The molecule has 1 amide bonds. The fourth-order valence-corrected chi connectivity index (χ4v) is 4.06. The summed E-state index contributed by atoms with van der Waals surface area (Å²) in [5.74, 6) is 1.65. The van der Waals surface area contributed by atoms with Gasteiger partial charge in [0.2, 0.25) is 0 Å². The second-order valence-electron chi connectivity index (χ2n) is 7.22. The van der Waals surface area contributed by atoms with E-state index in [0.29, 0.717) is 35.4 Å². The largest absolute Gasteiger partial charge is 0.494 e. The number of benzene rings is 3. The van der Waals surface area contributed by atoms with Crippen LogP contribution in [0.2, 0.25) is 5.02 Å². The summed E-state index contributed by atoms with van der Waals surface area (Å²) in [6.45, 7) is 4.96. The third-order valence-electron chi connectivity index (χ3n) is 4.75. The van der Waals surface area contributed by atoms with Gasteiger partial charge in [-0.1, -0.05) is 17.7 Å². The number of rotatable bonds is 10. The van der Waals surface area contributed by atoms with Crippen LogP contribution in [0.5, 0.6) is 17.2 Å². The number of nitrogens with one attached hydrogen (secondary N) is 2. The van der Waals surface area contributed by atoms with Crippen molar-refractivity contribution in [3.05, 3.63) is 74.3 Å². The number of methoxy groups -OCH3 is 1. The Morgan fingerprint density at radius 3 is 2.42 bits per heavy atom. The average Bonchev–Trinajstić information content (AvgIpc) is 2.80. The van der Waals surface area contributed by atoms with Crippen LogP contribution in [0.25, 0.3) is 0 Å². The molecule has 2 N–H and O–H groups in total. The smallest absolute Gasteiger partial charge is 0.262 e. The fraction of sp³-hybridized carbons (Fsp3) is 0.240. The van der Waals surface area contributed by atoms with Gasteiger partial charge in [0.25, 0.3) is 5.91 Å². The number of ether oxygens (including phenoxy) is 3. The molecule has 33 heavy (non-hydrogen) atoms. The standard InChI is InChI=1S/C25H26ClIN2O4/c1-4-32-20-9-7-18(8-10-20)28-14-17-11-22(27)25(23(12-17)31-3)33-15-24(30)29-19-6-5-16(2)21(26)13-19/h5-13,28H,4,14-15H2,1-3H3,(H,29,30). The van der Waals surface area contributed by atoms with E-state index in [1.54, 1.807) is 19.2 Å². The Morgan fingerprint density at radius 1 is 1.03 bits per heavy atom. The highest BCUT2D eigenvalue weighted by atomic mass is 127. The quantitative estimate of drug-likeness (QED) is 0.276. The molecule has 0 spiro atoms. The highest BCUT2D eigenvalue weighted by molar-refractivity contribution is 14.1. The molecular weight excluding hydrogens is 555 g/mol. The molecule has 8 heteroatoms. The number of carbonyl (C=O) groups excluding carboxylic acids is 1. The molecule has 174 valence electrons. The lowest BCUT2D eigenvalue weighted by Gasteiger charge is -2.15. The first-order valence-corrected chi connectivity index (χ1v) is 11.9. The van der Waals surface area contributed by atoms with Gasteiger partial charge in [0.1, 0.15) is 5.75 Å². The Labute approximate surface area is 212 Å². The predicted octanol–water partition coefficient (Wildman–Crippen LogP) is 6.29. The van der Waals surface area contributed by atoms with Gasteiger partial charge in [-0.05, 0) is 96.1 Å². The molecule has 3 aromatic carbocycles. The number of anilines is 2. The van der Waals surface area contributed by atoms with E-state index in [1.807, 2.05) is 56.3 Å². The number of hydrogen-bond acceptors (Lipinski definition) is 5. The maximum Gasteiger partial charge on any atom is 0.262 e. The minimum Gasteiger partial charge on any atom is -0.494 e. The van der Waals surface area contributed by atoms with Crippen LogP contribution in [0.15, 0.2) is 54.6 Å². The molecule has 0 bridgehead atoms. The summed E-state index contributed by atoms with van der Waals surface area (Å²) in [7, 11) is 1.58. The molecule has 0 heterocycles. The molecule has 3 aromatic rings. The summed E-state index contributed by atoms with van der Waals surface area (Å²) in [6, 6.07) is 17.1. The summed E-state index contributed by atoms with van der Waals surface area (Å²) < 4.78 is 17.6. The third-order valence-corrected chi connectivity index (χ3v) is 5.96. The number of aryl methyl sites for hydroxylation is 1. The van der Waals surface area contributed by atoms with Gasteiger partial charge in [-0.15, -0.1) is 0 Å². The van der Waals surface area contributed by atoms with Gasteiger partial charge in [0.05, 0.1) is 17.3 Å². The van der Waals surface area contributed by atoms with E-state index in [2.05, 4.69) is 33.2 Å². The van der Waals surface area contributed by atoms with Gasteiger partial charge in [-0.2, -0.15) is 0 Å². The minimum atomic E-state index is -0.283. The molecular formula is C25H26ClIN2O4. The predicted molar refractivity (Wildman–Crippen MR) is 141 cm³/mol. The van der Waals surface area contributed by atoms with E-state index < -0.39 is 0 Å². The number of carbonyl (C=O) groups is 1. The normalized spacial score (nSPS) is 10.5. The van der Waals surface area contributed by atoms with Gasteiger partial charge in [-0.3, -0.25) is 4.79 Å². The van der Waals surface area contributed by atoms with Crippen molar-refractivity contribution in [3.63, 3.8) is 0 Å². The summed E-state index contributed by atoms with van der Waals surface area (Å²) in [4.78, 5) is 12.3. The average molecular weight is 581 g/mol. The van der Waals surface area contributed by atoms with E-state index in [0.717, 1.165) is 26.1 Å². The molecule has 0 aliphatic rings. The van der Waals surface area contributed by atoms with Crippen molar-refractivity contribution < 1.29 is 19.0 Å². The number of amides is 1. The highest BCUT2D eigenvalue weighted by Gasteiger charge is 2.14. The lowest BCUT2D eigenvalue weighted by Crippen LogP contribution is -2.20. The first kappa shape index (κ1) is 25.0. The molecule has 0 aliphatic heterocycles. The topological polar surface area (TPSA) is 68.8 Å². The van der Waals surface area contributed by atoms with Crippen molar-refractivity contribution in [2.45, 2.75) is 20.4 Å². The first-order valence-electron chi connectivity index (χ1n) is 10.4. The molecule has 0 aromatic heterocycles. The van der Waals surface area contributed by atoms with Crippen LogP contribution in [0.1, 0.15) is 18.1 Å². The van der Waals surface area contributed by atoms with Crippen molar-refractivity contribution in [1.29, 1.82) is 0 Å². The SMILES string of the molecule is CCOc1ccc(NCc2cc(I)c(OCC(=O)Nc3ccc(C)c(Cl)c3)c(OC)c2)cc1. The minimum absolute atomic E-state index is 0.151. The van der Waals surface area contributed by atoms with Crippen molar-refractivity contribution >= 4 is 51.5 Å². The Kier molecular flexibility index (Phi) is 9.08. The van der Waals surface area contributed by atoms with E-state index >= 15 is 0 Å². The molecule has 0 radical (unpaired) electrons. The van der Waals surface area contributed by atoms with Crippen LogP contribution in [0.4, 0.5) is 11.4 Å². The molecule has 0 atom stereocenters. The maximum atomic E-state index is 12.3. The lowest BCUT2D eigenvalue weighted by molar-refractivity contribution is -0.118. The molecule has 6 nitrogen and oxygen atoms in total. The monoisotopic (exact) mass is 580 g/mol. The van der Waals surface area contributed by atoms with Crippen LogP contribution < -0.4 is 24.8 Å². The summed E-state index contributed by atoms with van der Waals surface area (Å²) in [5, 5.41) is 6.77. The summed E-state index contributed by atoms with van der Waals surface area (Å²) in [5.41, 5.74) is 3.58. The van der Waals surface area contributed by atoms with E-state index in [-0.39, 0.29) is 12.5 Å². The first-order chi connectivity index (χ1) is 15.9. The zero-order valence-corrected chi connectivity index (χ0v) is 21.6. The Bertz CT molecular complexity index is 1110. The Morgan fingerprint density at radius 2 is 1.76 bits per heavy atom. The third kappa shape index (κ3) is 7.17. The fourth-order valence-electron chi connectivity index (χ4n) is 3.06. The van der Waals surface area contributed by atoms with Crippen LogP contribution in [-0.4, -0.2) is 26.2 Å². The summed E-state index contributed by atoms with van der Waals surface area (Å²) in [6.07, 6.45) is 0. The lowest BCUT2D eigenvalue weighted by atomic mass is 10.2. The number of hydrogen-bond donors (Lipinski definition) is 2. The molecule has 0 fully saturated rings. The van der Waals surface area contributed by atoms with Crippen molar-refractivity contribution in [2.24, 2.45) is 0 Å². The number of halogens is 2. The van der Waals surface area contributed by atoms with Crippen molar-refractivity contribution in [2.75, 3.05) is 31.0 Å². The van der Waals surface area contributed by atoms with Crippen LogP contribution in [-0.2, 0) is 11.3 Å². The van der Waals surface area contributed by atoms with E-state index in [9.17, 15) is 4.79 Å². The van der Waals surface area contributed by atoms with E-state index in [1.165, 1.54) is 0 Å². The van der Waals surface area contributed by atoms with Crippen molar-refractivity contribution in [1.82, 2.24) is 0 Å². The second-order valence-corrected chi connectivity index (χ2v) is 8.79. The second kappa shape index (κ2) is 12.0. The Hall–Kier alpha value is -2.65. The zero-order chi connectivity index (χ0) is 23.8. The maximum absolute atomic E-state index is 12.3. The molecule has 0 unspecified atom stereocenters. The highest BCUT2D eigenvalue weighted by Crippen LogP contribution is 2.34. The zero-order valence-electron chi connectivity index (χ0n) is 18.7. The molecule has 0 saturated heterocycles. The van der Waals surface area contributed by atoms with Gasteiger partial charge < -0.3 is 24.8 Å². The van der Waals surface area contributed by atoms with Crippen LogP contribution in [0, 0.1) is 10.5 Å². The van der Waals surface area contributed by atoms with Crippen LogP contribution in [0.3, 0.4) is 0 Å². The molecule has 3 rings (SSSR count). The van der Waals surface area contributed by atoms with Gasteiger partial charge in [0.15, 0.2) is 18.1 Å². The van der Waals surface area contributed by atoms with Gasteiger partial charge in [-0.25, -0.2) is 0 Å². The van der Waals surface area contributed by atoms with E-state index in [4.69, 9.17) is 25.8 Å². The molecule has 0 aliphatic carbocycles. The Balaban J connectivity index is 1.61. The molecule has 0 saturated carbocycles. The summed E-state index contributed by atoms with van der Waals surface area (Å²) >= 11 is 8.30.